The predicted molar refractivity (Wildman–Crippen MR) is 65.9 cm³/mol. The summed E-state index contributed by atoms with van der Waals surface area (Å²) in [5.41, 5.74) is 4.42. The summed E-state index contributed by atoms with van der Waals surface area (Å²) in [6.45, 7) is 2.22. The minimum Gasteiger partial charge on any atom is -0.0839 e. The summed E-state index contributed by atoms with van der Waals surface area (Å²) in [4.78, 5) is 0. The molecule has 1 aromatic rings. The molecule has 0 saturated carbocycles. The third kappa shape index (κ3) is 1.80. The first kappa shape index (κ1) is 9.25. The second-order valence-corrected chi connectivity index (χ2v) is 4.70. The SMILES string of the molecule is Cc1c(I)ccc2c1C=CCCC2. The van der Waals surface area contributed by atoms with Crippen molar-refractivity contribution in [1.82, 2.24) is 0 Å². The van der Waals surface area contributed by atoms with Crippen molar-refractivity contribution in [3.63, 3.8) is 0 Å². The second-order valence-electron chi connectivity index (χ2n) is 3.54. The molecule has 0 amide bonds. The zero-order valence-electron chi connectivity index (χ0n) is 7.81. The van der Waals surface area contributed by atoms with Crippen LogP contribution in [0.15, 0.2) is 18.2 Å². The molecule has 0 unspecified atom stereocenters. The smallest absolute Gasteiger partial charge is 0.0165 e. The van der Waals surface area contributed by atoms with E-state index >= 15 is 0 Å². The van der Waals surface area contributed by atoms with Crippen molar-refractivity contribution in [2.75, 3.05) is 0 Å². The molecule has 0 N–H and O–H groups in total. The Bertz CT molecular complexity index is 350. The highest BCUT2D eigenvalue weighted by Gasteiger charge is 2.07. The second kappa shape index (κ2) is 3.82. The molecule has 1 aliphatic rings. The molecule has 0 atom stereocenters. The molecule has 13 heavy (non-hydrogen) atoms. The Kier molecular flexibility index (Phi) is 2.72. The number of fused-ring (bicyclic) bond motifs is 1. The summed E-state index contributed by atoms with van der Waals surface area (Å²) in [5, 5.41) is 0. The minimum absolute atomic E-state index is 1.23. The third-order valence-corrected chi connectivity index (χ3v) is 3.81. The number of hydrogen-bond acceptors (Lipinski definition) is 0. The van der Waals surface area contributed by atoms with Crippen molar-refractivity contribution >= 4 is 28.7 Å². The fraction of sp³-hybridized carbons (Fsp3) is 0.333. The van der Waals surface area contributed by atoms with E-state index in [-0.39, 0.29) is 0 Å². The van der Waals surface area contributed by atoms with Crippen molar-refractivity contribution in [2.45, 2.75) is 26.2 Å². The maximum atomic E-state index is 2.41. The summed E-state index contributed by atoms with van der Waals surface area (Å²) < 4.78 is 1.38. The van der Waals surface area contributed by atoms with Gasteiger partial charge in [-0.1, -0.05) is 18.2 Å². The van der Waals surface area contributed by atoms with Crippen LogP contribution in [0.2, 0.25) is 0 Å². The van der Waals surface area contributed by atoms with Gasteiger partial charge in [-0.25, -0.2) is 0 Å². The lowest BCUT2D eigenvalue weighted by Crippen LogP contribution is -1.93. The third-order valence-electron chi connectivity index (χ3n) is 2.64. The maximum Gasteiger partial charge on any atom is 0.0165 e. The Balaban J connectivity index is 2.58. The Morgan fingerprint density at radius 1 is 1.31 bits per heavy atom. The van der Waals surface area contributed by atoms with E-state index in [9.17, 15) is 0 Å². The molecular formula is C12H13I. The fourth-order valence-electron chi connectivity index (χ4n) is 1.82. The van der Waals surface area contributed by atoms with Gasteiger partial charge in [-0.2, -0.15) is 0 Å². The van der Waals surface area contributed by atoms with E-state index in [2.05, 4.69) is 53.8 Å². The molecule has 1 aliphatic carbocycles. The van der Waals surface area contributed by atoms with Crippen LogP contribution in [0.25, 0.3) is 6.08 Å². The number of aryl methyl sites for hydroxylation is 1. The van der Waals surface area contributed by atoms with Gasteiger partial charge in [-0.3, -0.25) is 0 Å². The molecule has 2 rings (SSSR count). The van der Waals surface area contributed by atoms with Gasteiger partial charge in [0.25, 0.3) is 0 Å². The van der Waals surface area contributed by atoms with Crippen LogP contribution in [0.3, 0.4) is 0 Å². The Hall–Kier alpha value is -0.310. The van der Waals surface area contributed by atoms with E-state index in [0.29, 0.717) is 0 Å². The summed E-state index contributed by atoms with van der Waals surface area (Å²) in [6.07, 6.45) is 8.35. The van der Waals surface area contributed by atoms with Gasteiger partial charge in [0.05, 0.1) is 0 Å². The zero-order chi connectivity index (χ0) is 9.26. The van der Waals surface area contributed by atoms with Gasteiger partial charge in [-0.15, -0.1) is 0 Å². The van der Waals surface area contributed by atoms with Crippen molar-refractivity contribution in [1.29, 1.82) is 0 Å². The molecule has 1 aromatic carbocycles. The zero-order valence-corrected chi connectivity index (χ0v) is 9.97. The molecule has 0 bridgehead atoms. The van der Waals surface area contributed by atoms with Crippen LogP contribution >= 0.6 is 22.6 Å². The average molecular weight is 284 g/mol. The van der Waals surface area contributed by atoms with Crippen molar-refractivity contribution in [2.24, 2.45) is 0 Å². The number of hydrogen-bond donors (Lipinski definition) is 0. The van der Waals surface area contributed by atoms with Crippen LogP contribution in [0.4, 0.5) is 0 Å². The highest BCUT2D eigenvalue weighted by Crippen LogP contribution is 2.25. The lowest BCUT2D eigenvalue weighted by Gasteiger charge is -2.08. The maximum absolute atomic E-state index is 2.41. The molecule has 0 spiro atoms. The predicted octanol–water partition coefficient (Wildman–Crippen LogP) is 3.95. The highest BCUT2D eigenvalue weighted by atomic mass is 127. The standard InChI is InChI=1S/C12H13I/c1-9-11-6-4-2-3-5-10(11)7-8-12(9)13/h4,6-8H,2-3,5H2,1H3. The first-order chi connectivity index (χ1) is 6.29. The van der Waals surface area contributed by atoms with E-state index in [1.807, 2.05) is 0 Å². The first-order valence-corrected chi connectivity index (χ1v) is 5.81. The lowest BCUT2D eigenvalue weighted by molar-refractivity contribution is 0.850. The summed E-state index contributed by atoms with van der Waals surface area (Å²) >= 11 is 2.41. The van der Waals surface area contributed by atoms with Crippen LogP contribution < -0.4 is 0 Å². The van der Waals surface area contributed by atoms with E-state index in [0.717, 1.165) is 0 Å². The molecule has 1 heteroatoms. The van der Waals surface area contributed by atoms with Crippen LogP contribution in [-0.2, 0) is 6.42 Å². The van der Waals surface area contributed by atoms with Gasteiger partial charge in [0, 0.05) is 3.57 Å². The molecule has 0 radical (unpaired) electrons. The largest absolute Gasteiger partial charge is 0.0839 e. The van der Waals surface area contributed by atoms with Crippen molar-refractivity contribution in [3.05, 3.63) is 38.5 Å². The molecule has 0 aromatic heterocycles. The van der Waals surface area contributed by atoms with Gasteiger partial charge in [0.15, 0.2) is 0 Å². The van der Waals surface area contributed by atoms with Gasteiger partial charge in [0.2, 0.25) is 0 Å². The molecule has 0 nitrogen and oxygen atoms in total. The summed E-state index contributed by atoms with van der Waals surface area (Å²) in [5.74, 6) is 0. The number of halogens is 1. The van der Waals surface area contributed by atoms with Crippen molar-refractivity contribution in [3.8, 4) is 0 Å². The molecule has 0 fully saturated rings. The summed E-state index contributed by atoms with van der Waals surface area (Å²) in [7, 11) is 0. The Labute approximate surface area is 93.2 Å². The first-order valence-electron chi connectivity index (χ1n) is 4.73. The van der Waals surface area contributed by atoms with Gasteiger partial charge >= 0.3 is 0 Å². The molecule has 0 heterocycles. The number of rotatable bonds is 0. The van der Waals surface area contributed by atoms with Crippen LogP contribution in [-0.4, -0.2) is 0 Å². The number of benzene rings is 1. The van der Waals surface area contributed by atoms with Crippen LogP contribution in [0.1, 0.15) is 29.5 Å². The van der Waals surface area contributed by atoms with E-state index in [1.54, 1.807) is 0 Å². The van der Waals surface area contributed by atoms with E-state index < -0.39 is 0 Å². The molecular weight excluding hydrogens is 271 g/mol. The van der Waals surface area contributed by atoms with Crippen molar-refractivity contribution < 1.29 is 0 Å². The van der Waals surface area contributed by atoms with Crippen LogP contribution in [0, 0.1) is 10.5 Å². The fourth-order valence-corrected chi connectivity index (χ4v) is 2.29. The van der Waals surface area contributed by atoms with Gasteiger partial charge in [-0.05, 0) is 71.5 Å². The van der Waals surface area contributed by atoms with E-state index in [1.165, 1.54) is 39.5 Å². The topological polar surface area (TPSA) is 0 Å². The molecule has 0 aliphatic heterocycles. The quantitative estimate of drug-likeness (QED) is 0.633. The van der Waals surface area contributed by atoms with Gasteiger partial charge in [0.1, 0.15) is 0 Å². The highest BCUT2D eigenvalue weighted by molar-refractivity contribution is 14.1. The Morgan fingerprint density at radius 2 is 2.15 bits per heavy atom. The lowest BCUT2D eigenvalue weighted by atomic mass is 10.00. The summed E-state index contributed by atoms with van der Waals surface area (Å²) in [6, 6.07) is 4.51. The monoisotopic (exact) mass is 284 g/mol. The molecule has 0 saturated heterocycles. The minimum atomic E-state index is 1.23. The molecule has 68 valence electrons. The van der Waals surface area contributed by atoms with Crippen LogP contribution in [0.5, 0.6) is 0 Å². The van der Waals surface area contributed by atoms with Gasteiger partial charge < -0.3 is 0 Å². The number of allylic oxidation sites excluding steroid dienone is 1. The van der Waals surface area contributed by atoms with E-state index in [4.69, 9.17) is 0 Å². The average Bonchev–Trinajstić information content (AvgIpc) is 2.36. The normalized spacial score (nSPS) is 15.2. The Morgan fingerprint density at radius 3 is 3.00 bits per heavy atom.